The summed E-state index contributed by atoms with van der Waals surface area (Å²) in [6.45, 7) is 0. The number of fused-ring (bicyclic) bond motifs is 1. The summed E-state index contributed by atoms with van der Waals surface area (Å²) < 4.78 is 0. The predicted molar refractivity (Wildman–Crippen MR) is 81.5 cm³/mol. The SMILES string of the molecule is C1=C(c2ccc3ccccc3c2)SCCCS1. The van der Waals surface area contributed by atoms with Crippen molar-refractivity contribution in [1.82, 2.24) is 0 Å². The molecule has 17 heavy (non-hydrogen) atoms. The second-order valence-corrected chi connectivity index (χ2v) is 6.23. The second-order valence-electron chi connectivity index (χ2n) is 4.12. The Morgan fingerprint density at radius 1 is 0.882 bits per heavy atom. The van der Waals surface area contributed by atoms with Crippen LogP contribution in [0, 0.1) is 0 Å². The third kappa shape index (κ3) is 2.53. The summed E-state index contributed by atoms with van der Waals surface area (Å²) in [6, 6.07) is 15.3. The van der Waals surface area contributed by atoms with Crippen LogP contribution in [-0.4, -0.2) is 11.5 Å². The molecule has 0 saturated heterocycles. The van der Waals surface area contributed by atoms with E-state index in [1.807, 2.05) is 23.5 Å². The van der Waals surface area contributed by atoms with Crippen LogP contribution in [0.3, 0.4) is 0 Å². The van der Waals surface area contributed by atoms with E-state index in [9.17, 15) is 0 Å². The van der Waals surface area contributed by atoms with Gasteiger partial charge in [0, 0.05) is 4.91 Å². The van der Waals surface area contributed by atoms with Crippen LogP contribution in [0.2, 0.25) is 0 Å². The Morgan fingerprint density at radius 2 is 1.76 bits per heavy atom. The monoisotopic (exact) mass is 258 g/mol. The zero-order valence-corrected chi connectivity index (χ0v) is 11.2. The van der Waals surface area contributed by atoms with Crippen molar-refractivity contribution in [3.8, 4) is 0 Å². The summed E-state index contributed by atoms with van der Waals surface area (Å²) in [5, 5.41) is 4.98. The molecular formula is C15H14S2. The molecule has 0 nitrogen and oxygen atoms in total. The molecule has 0 aromatic heterocycles. The van der Waals surface area contributed by atoms with Crippen molar-refractivity contribution in [2.45, 2.75) is 6.42 Å². The minimum absolute atomic E-state index is 1.24. The molecule has 1 heterocycles. The Morgan fingerprint density at radius 3 is 2.71 bits per heavy atom. The molecule has 0 fully saturated rings. The fourth-order valence-corrected chi connectivity index (χ4v) is 4.16. The van der Waals surface area contributed by atoms with Crippen molar-refractivity contribution in [2.75, 3.05) is 11.5 Å². The number of rotatable bonds is 1. The summed E-state index contributed by atoms with van der Waals surface area (Å²) >= 11 is 3.93. The van der Waals surface area contributed by atoms with E-state index in [0.717, 1.165) is 0 Å². The highest BCUT2D eigenvalue weighted by atomic mass is 32.2. The highest BCUT2D eigenvalue weighted by Crippen LogP contribution is 2.34. The zero-order chi connectivity index (χ0) is 11.5. The number of hydrogen-bond acceptors (Lipinski definition) is 2. The van der Waals surface area contributed by atoms with Crippen LogP contribution in [0.1, 0.15) is 12.0 Å². The van der Waals surface area contributed by atoms with Gasteiger partial charge in [0.25, 0.3) is 0 Å². The molecule has 86 valence electrons. The van der Waals surface area contributed by atoms with Gasteiger partial charge in [-0.05, 0) is 45.7 Å². The molecule has 3 rings (SSSR count). The Kier molecular flexibility index (Phi) is 3.44. The Bertz CT molecular complexity index is 558. The maximum absolute atomic E-state index is 2.32. The normalized spacial score (nSPS) is 16.6. The van der Waals surface area contributed by atoms with Crippen LogP contribution in [0.25, 0.3) is 15.7 Å². The Labute approximate surface area is 110 Å². The lowest BCUT2D eigenvalue weighted by Gasteiger charge is -2.06. The molecular weight excluding hydrogens is 244 g/mol. The van der Waals surface area contributed by atoms with E-state index in [2.05, 4.69) is 47.9 Å². The average molecular weight is 258 g/mol. The van der Waals surface area contributed by atoms with Gasteiger partial charge in [-0.2, -0.15) is 0 Å². The molecule has 0 unspecified atom stereocenters. The number of benzene rings is 2. The van der Waals surface area contributed by atoms with Gasteiger partial charge in [-0.25, -0.2) is 0 Å². The van der Waals surface area contributed by atoms with Gasteiger partial charge in [0.05, 0.1) is 0 Å². The van der Waals surface area contributed by atoms with E-state index >= 15 is 0 Å². The van der Waals surface area contributed by atoms with Gasteiger partial charge in [0.15, 0.2) is 0 Å². The molecule has 0 atom stereocenters. The lowest BCUT2D eigenvalue weighted by molar-refractivity contribution is 1.13. The maximum atomic E-state index is 2.32. The largest absolute Gasteiger partial charge is 0.133 e. The maximum Gasteiger partial charge on any atom is 0.0208 e. The summed E-state index contributed by atoms with van der Waals surface area (Å²) in [5.74, 6) is 2.50. The zero-order valence-electron chi connectivity index (χ0n) is 9.56. The molecule has 0 N–H and O–H groups in total. The highest BCUT2D eigenvalue weighted by Gasteiger charge is 2.06. The first-order chi connectivity index (χ1) is 8.43. The number of thioether (sulfide) groups is 2. The van der Waals surface area contributed by atoms with Gasteiger partial charge >= 0.3 is 0 Å². The van der Waals surface area contributed by atoms with Gasteiger partial charge in [-0.15, -0.1) is 23.5 Å². The van der Waals surface area contributed by atoms with Gasteiger partial charge in [0.1, 0.15) is 0 Å². The van der Waals surface area contributed by atoms with Crippen molar-refractivity contribution < 1.29 is 0 Å². The van der Waals surface area contributed by atoms with Gasteiger partial charge in [-0.3, -0.25) is 0 Å². The van der Waals surface area contributed by atoms with E-state index in [1.54, 1.807) is 0 Å². The highest BCUT2D eigenvalue weighted by molar-refractivity contribution is 8.10. The van der Waals surface area contributed by atoms with Crippen LogP contribution >= 0.6 is 23.5 Å². The molecule has 0 radical (unpaired) electrons. The number of hydrogen-bond donors (Lipinski definition) is 0. The predicted octanol–water partition coefficient (Wildman–Crippen LogP) is 5.01. The van der Waals surface area contributed by atoms with E-state index in [4.69, 9.17) is 0 Å². The topological polar surface area (TPSA) is 0 Å². The fraction of sp³-hybridized carbons (Fsp3) is 0.200. The Balaban J connectivity index is 2.02. The molecule has 2 aromatic rings. The molecule has 0 bridgehead atoms. The van der Waals surface area contributed by atoms with Crippen molar-refractivity contribution in [3.05, 3.63) is 53.4 Å². The molecule has 0 amide bonds. The van der Waals surface area contributed by atoms with E-state index in [0.29, 0.717) is 0 Å². The van der Waals surface area contributed by atoms with Gasteiger partial charge < -0.3 is 0 Å². The molecule has 0 saturated carbocycles. The standard InChI is InChI=1S/C15H14S2/c1-2-5-13-10-14(7-6-12(13)4-1)15-11-16-8-3-9-17-15/h1-2,4-7,10-11H,3,8-9H2. The molecule has 1 aliphatic heterocycles. The van der Waals surface area contributed by atoms with Crippen LogP contribution in [-0.2, 0) is 0 Å². The third-order valence-electron chi connectivity index (χ3n) is 2.89. The van der Waals surface area contributed by atoms with E-state index in [1.165, 1.54) is 39.2 Å². The third-order valence-corrected chi connectivity index (χ3v) is 5.12. The summed E-state index contributed by atoms with van der Waals surface area (Å²) in [5.41, 5.74) is 1.36. The van der Waals surface area contributed by atoms with Crippen LogP contribution in [0.5, 0.6) is 0 Å². The quantitative estimate of drug-likeness (QED) is 0.705. The first-order valence-electron chi connectivity index (χ1n) is 5.87. The van der Waals surface area contributed by atoms with Crippen molar-refractivity contribution in [3.63, 3.8) is 0 Å². The minimum Gasteiger partial charge on any atom is -0.133 e. The first-order valence-corrected chi connectivity index (χ1v) is 7.91. The van der Waals surface area contributed by atoms with Crippen LogP contribution in [0.4, 0.5) is 0 Å². The Hall–Kier alpha value is -0.860. The lowest BCUT2D eigenvalue weighted by atomic mass is 10.1. The molecule has 2 heteroatoms. The van der Waals surface area contributed by atoms with Crippen LogP contribution < -0.4 is 0 Å². The van der Waals surface area contributed by atoms with E-state index in [-0.39, 0.29) is 0 Å². The smallest absolute Gasteiger partial charge is 0.0208 e. The summed E-state index contributed by atoms with van der Waals surface area (Å²) in [4.78, 5) is 1.43. The summed E-state index contributed by atoms with van der Waals surface area (Å²) in [6.07, 6.45) is 1.31. The molecule has 0 aliphatic carbocycles. The molecule has 2 aromatic carbocycles. The molecule has 1 aliphatic rings. The first kappa shape index (κ1) is 11.2. The summed E-state index contributed by atoms with van der Waals surface area (Å²) in [7, 11) is 0. The van der Waals surface area contributed by atoms with Crippen molar-refractivity contribution in [2.24, 2.45) is 0 Å². The average Bonchev–Trinajstić information content (AvgIpc) is 2.67. The van der Waals surface area contributed by atoms with Crippen molar-refractivity contribution >= 4 is 39.2 Å². The van der Waals surface area contributed by atoms with Crippen molar-refractivity contribution in [1.29, 1.82) is 0 Å². The van der Waals surface area contributed by atoms with Gasteiger partial charge in [-0.1, -0.05) is 36.4 Å². The van der Waals surface area contributed by atoms with E-state index < -0.39 is 0 Å². The van der Waals surface area contributed by atoms with Crippen LogP contribution in [0.15, 0.2) is 47.9 Å². The molecule has 0 spiro atoms. The lowest BCUT2D eigenvalue weighted by Crippen LogP contribution is -1.82. The fourth-order valence-electron chi connectivity index (χ4n) is 1.99. The van der Waals surface area contributed by atoms with Gasteiger partial charge in [0.2, 0.25) is 0 Å². The minimum atomic E-state index is 1.24. The second kappa shape index (κ2) is 5.19.